The molecule has 2 aromatic carbocycles. The van der Waals surface area contributed by atoms with E-state index in [0.29, 0.717) is 12.3 Å². The minimum Gasteiger partial charge on any atom is -0.312 e. The fourth-order valence-electron chi connectivity index (χ4n) is 3.27. The van der Waals surface area contributed by atoms with E-state index in [1.807, 2.05) is 90.1 Å². The van der Waals surface area contributed by atoms with E-state index in [1.54, 1.807) is 6.20 Å². The first-order valence-electron chi connectivity index (χ1n) is 9.55. The molecular formula is C23H22N4OS. The van der Waals surface area contributed by atoms with E-state index < -0.39 is 0 Å². The summed E-state index contributed by atoms with van der Waals surface area (Å²) in [7, 11) is 0. The summed E-state index contributed by atoms with van der Waals surface area (Å²) in [6.45, 7) is 4.66. The molecule has 0 N–H and O–H groups in total. The molecule has 4 aromatic rings. The normalized spacial score (nSPS) is 11.0. The van der Waals surface area contributed by atoms with Gasteiger partial charge in [0.2, 0.25) is 5.91 Å². The minimum atomic E-state index is 0.0645. The lowest BCUT2D eigenvalue weighted by Gasteiger charge is -2.21. The summed E-state index contributed by atoms with van der Waals surface area (Å²) < 4.78 is 1.82. The Kier molecular flexibility index (Phi) is 5.62. The van der Waals surface area contributed by atoms with Crippen molar-refractivity contribution < 1.29 is 4.79 Å². The minimum absolute atomic E-state index is 0.0645. The third-order valence-corrected chi connectivity index (χ3v) is 5.67. The predicted molar refractivity (Wildman–Crippen MR) is 118 cm³/mol. The Morgan fingerprint density at radius 3 is 2.69 bits per heavy atom. The molecule has 0 unspecified atom stereocenters. The number of hydrogen-bond donors (Lipinski definition) is 0. The number of aryl methyl sites for hydroxylation is 1. The Hall–Kier alpha value is -3.12. The van der Waals surface area contributed by atoms with Crippen molar-refractivity contribution in [1.82, 2.24) is 14.6 Å². The molecule has 0 atom stereocenters. The molecule has 0 aliphatic rings. The van der Waals surface area contributed by atoms with E-state index in [0.717, 1.165) is 33.1 Å². The van der Waals surface area contributed by atoms with Gasteiger partial charge in [-0.3, -0.25) is 4.79 Å². The molecule has 6 heteroatoms. The summed E-state index contributed by atoms with van der Waals surface area (Å²) in [5.41, 5.74) is 4.92. The standard InChI is InChI=1S/C23H22N4OS/c1-3-26(19-11-7-8-17(2)14-19)22(28)16-29-23-21-15-20(18-9-5-4-6-10-18)25-27(21)13-12-24-23/h4-15H,3,16H2,1-2H3. The molecule has 0 radical (unpaired) electrons. The summed E-state index contributed by atoms with van der Waals surface area (Å²) in [5.74, 6) is 0.384. The lowest BCUT2D eigenvalue weighted by molar-refractivity contribution is -0.116. The number of carbonyl (C=O) groups is 1. The van der Waals surface area contributed by atoms with E-state index in [4.69, 9.17) is 0 Å². The number of amides is 1. The van der Waals surface area contributed by atoms with Crippen LogP contribution in [0.2, 0.25) is 0 Å². The van der Waals surface area contributed by atoms with E-state index >= 15 is 0 Å². The van der Waals surface area contributed by atoms with Gasteiger partial charge in [-0.05, 0) is 37.6 Å². The number of nitrogens with zero attached hydrogens (tertiary/aromatic N) is 4. The van der Waals surface area contributed by atoms with Crippen molar-refractivity contribution in [2.75, 3.05) is 17.2 Å². The zero-order valence-corrected chi connectivity index (χ0v) is 17.3. The number of benzene rings is 2. The van der Waals surface area contributed by atoms with Gasteiger partial charge in [-0.2, -0.15) is 5.10 Å². The zero-order valence-electron chi connectivity index (χ0n) is 16.4. The highest BCUT2D eigenvalue weighted by Crippen LogP contribution is 2.26. The van der Waals surface area contributed by atoms with Crippen molar-refractivity contribution in [1.29, 1.82) is 0 Å². The maximum absolute atomic E-state index is 12.9. The predicted octanol–water partition coefficient (Wildman–Crippen LogP) is 4.85. The van der Waals surface area contributed by atoms with Crippen molar-refractivity contribution >= 4 is 28.9 Å². The van der Waals surface area contributed by atoms with E-state index in [1.165, 1.54) is 11.8 Å². The van der Waals surface area contributed by atoms with Crippen molar-refractivity contribution in [2.24, 2.45) is 0 Å². The number of carbonyl (C=O) groups excluding carboxylic acids is 1. The number of rotatable bonds is 6. The monoisotopic (exact) mass is 402 g/mol. The van der Waals surface area contributed by atoms with Crippen molar-refractivity contribution in [3.8, 4) is 11.3 Å². The van der Waals surface area contributed by atoms with Gasteiger partial charge in [0.15, 0.2) is 0 Å². The first-order chi connectivity index (χ1) is 14.2. The van der Waals surface area contributed by atoms with E-state index in [-0.39, 0.29) is 5.91 Å². The second-order valence-corrected chi connectivity index (χ2v) is 7.69. The Bertz CT molecular complexity index is 1140. The van der Waals surface area contributed by atoms with Crippen LogP contribution in [0.1, 0.15) is 12.5 Å². The number of thioether (sulfide) groups is 1. The van der Waals surface area contributed by atoms with Gasteiger partial charge in [-0.1, -0.05) is 54.2 Å². The summed E-state index contributed by atoms with van der Waals surface area (Å²) in [6.07, 6.45) is 3.55. The lowest BCUT2D eigenvalue weighted by Crippen LogP contribution is -2.32. The van der Waals surface area contributed by atoms with Crippen LogP contribution in [0.15, 0.2) is 78.1 Å². The van der Waals surface area contributed by atoms with Crippen LogP contribution in [0.5, 0.6) is 0 Å². The molecule has 29 heavy (non-hydrogen) atoms. The maximum atomic E-state index is 12.9. The second kappa shape index (κ2) is 8.49. The summed E-state index contributed by atoms with van der Waals surface area (Å²) in [6, 6.07) is 20.1. The summed E-state index contributed by atoms with van der Waals surface area (Å²) in [5, 5.41) is 5.45. The summed E-state index contributed by atoms with van der Waals surface area (Å²) in [4.78, 5) is 19.2. The van der Waals surface area contributed by atoms with Gasteiger partial charge < -0.3 is 4.90 Å². The zero-order chi connectivity index (χ0) is 20.2. The maximum Gasteiger partial charge on any atom is 0.237 e. The van der Waals surface area contributed by atoms with Gasteiger partial charge in [0.25, 0.3) is 0 Å². The molecule has 0 fully saturated rings. The fraction of sp³-hybridized carbons (Fsp3) is 0.174. The van der Waals surface area contributed by atoms with Crippen LogP contribution in [-0.4, -0.2) is 32.8 Å². The topological polar surface area (TPSA) is 50.5 Å². The van der Waals surface area contributed by atoms with Gasteiger partial charge >= 0.3 is 0 Å². The van der Waals surface area contributed by atoms with Crippen molar-refractivity contribution in [2.45, 2.75) is 18.9 Å². The van der Waals surface area contributed by atoms with E-state index in [9.17, 15) is 4.79 Å². The van der Waals surface area contributed by atoms with Crippen LogP contribution in [0.25, 0.3) is 16.8 Å². The molecule has 0 saturated carbocycles. The third kappa shape index (κ3) is 4.17. The Morgan fingerprint density at radius 1 is 1.10 bits per heavy atom. The average Bonchev–Trinajstić information content (AvgIpc) is 3.18. The van der Waals surface area contributed by atoms with Crippen molar-refractivity contribution in [3.05, 3.63) is 78.6 Å². The molecule has 0 aliphatic carbocycles. The van der Waals surface area contributed by atoms with Gasteiger partial charge in [-0.25, -0.2) is 9.50 Å². The second-order valence-electron chi connectivity index (χ2n) is 6.72. The molecule has 2 aromatic heterocycles. The Balaban J connectivity index is 1.55. The fourth-order valence-corrected chi connectivity index (χ4v) is 4.12. The molecule has 0 saturated heterocycles. The molecule has 0 bridgehead atoms. The Morgan fingerprint density at radius 2 is 1.93 bits per heavy atom. The smallest absolute Gasteiger partial charge is 0.237 e. The molecule has 5 nitrogen and oxygen atoms in total. The molecule has 4 rings (SSSR count). The first kappa shape index (κ1) is 19.2. The first-order valence-corrected chi connectivity index (χ1v) is 10.5. The van der Waals surface area contributed by atoms with Gasteiger partial charge in [0.05, 0.1) is 17.0 Å². The highest BCUT2D eigenvalue weighted by atomic mass is 32.2. The van der Waals surface area contributed by atoms with Crippen LogP contribution in [0.3, 0.4) is 0 Å². The van der Waals surface area contributed by atoms with Crippen molar-refractivity contribution in [3.63, 3.8) is 0 Å². The molecule has 146 valence electrons. The van der Waals surface area contributed by atoms with Crippen LogP contribution in [0.4, 0.5) is 5.69 Å². The number of hydrogen-bond acceptors (Lipinski definition) is 4. The van der Waals surface area contributed by atoms with Crippen LogP contribution in [0, 0.1) is 6.92 Å². The molecule has 0 spiro atoms. The molecule has 0 aliphatic heterocycles. The molecule has 1 amide bonds. The average molecular weight is 403 g/mol. The number of anilines is 1. The van der Waals surface area contributed by atoms with Crippen LogP contribution in [-0.2, 0) is 4.79 Å². The quantitative estimate of drug-likeness (QED) is 0.433. The van der Waals surface area contributed by atoms with Crippen LogP contribution >= 0.6 is 11.8 Å². The van der Waals surface area contributed by atoms with Gasteiger partial charge in [0, 0.05) is 30.2 Å². The SMILES string of the molecule is CCN(C(=O)CSc1nccn2nc(-c3ccccc3)cc12)c1cccc(C)c1. The van der Waals surface area contributed by atoms with Crippen LogP contribution < -0.4 is 4.90 Å². The number of aromatic nitrogens is 3. The van der Waals surface area contributed by atoms with Gasteiger partial charge in [-0.15, -0.1) is 0 Å². The largest absolute Gasteiger partial charge is 0.312 e. The molecule has 2 heterocycles. The van der Waals surface area contributed by atoms with Gasteiger partial charge in [0.1, 0.15) is 5.03 Å². The molecular weight excluding hydrogens is 380 g/mol. The third-order valence-electron chi connectivity index (χ3n) is 4.69. The highest BCUT2D eigenvalue weighted by Gasteiger charge is 2.16. The Labute approximate surface area is 174 Å². The lowest BCUT2D eigenvalue weighted by atomic mass is 10.1. The summed E-state index contributed by atoms with van der Waals surface area (Å²) >= 11 is 1.45. The highest BCUT2D eigenvalue weighted by molar-refractivity contribution is 8.00. The van der Waals surface area contributed by atoms with E-state index in [2.05, 4.69) is 10.1 Å². The number of fused-ring (bicyclic) bond motifs is 1.